The lowest BCUT2D eigenvalue weighted by Crippen LogP contribution is -2.01. The van der Waals surface area contributed by atoms with Crippen molar-refractivity contribution in [2.45, 2.75) is 6.54 Å². The summed E-state index contributed by atoms with van der Waals surface area (Å²) >= 11 is 0. The maximum atomic E-state index is 12.9. The first-order chi connectivity index (χ1) is 10.7. The van der Waals surface area contributed by atoms with Crippen LogP contribution in [0, 0.1) is 17.1 Å². The Morgan fingerprint density at radius 3 is 2.86 bits per heavy atom. The van der Waals surface area contributed by atoms with Crippen molar-refractivity contribution in [3.8, 4) is 6.07 Å². The summed E-state index contributed by atoms with van der Waals surface area (Å²) in [5.41, 5.74) is 0.980. The van der Waals surface area contributed by atoms with E-state index in [1.807, 2.05) is 6.07 Å². The third kappa shape index (κ3) is 3.04. The van der Waals surface area contributed by atoms with E-state index in [4.69, 9.17) is 0 Å². The molecular weight excluding hydrogens is 285 g/mol. The molecule has 0 aliphatic carbocycles. The molecule has 0 amide bonds. The van der Waals surface area contributed by atoms with Gasteiger partial charge in [-0.15, -0.1) is 0 Å². The van der Waals surface area contributed by atoms with Crippen molar-refractivity contribution >= 4 is 11.6 Å². The van der Waals surface area contributed by atoms with Gasteiger partial charge in [-0.3, -0.25) is 5.10 Å². The number of halogens is 1. The number of hydrogen-bond donors (Lipinski definition) is 1. The van der Waals surface area contributed by atoms with Gasteiger partial charge in [-0.2, -0.15) is 15.5 Å². The normalized spacial score (nSPS) is 11.4. The maximum absolute atomic E-state index is 12.9. The lowest BCUT2D eigenvalue weighted by atomic mass is 10.1. The van der Waals surface area contributed by atoms with E-state index in [9.17, 15) is 9.65 Å². The molecule has 0 atom stereocenters. The summed E-state index contributed by atoms with van der Waals surface area (Å²) in [6.45, 7) is 0.377. The fraction of sp³-hybridized carbons (Fsp3) is 0.0714. The van der Waals surface area contributed by atoms with Gasteiger partial charge in [0.2, 0.25) is 0 Å². The minimum Gasteiger partial charge on any atom is -0.261 e. The number of aromatic nitrogens is 6. The molecule has 0 aliphatic rings. The fourth-order valence-electron chi connectivity index (χ4n) is 1.83. The van der Waals surface area contributed by atoms with Crippen LogP contribution in [0.2, 0.25) is 0 Å². The van der Waals surface area contributed by atoms with Crippen LogP contribution >= 0.6 is 0 Å². The summed E-state index contributed by atoms with van der Waals surface area (Å²) < 4.78 is 14.5. The van der Waals surface area contributed by atoms with Gasteiger partial charge in [0.15, 0.2) is 5.82 Å². The molecule has 1 aromatic carbocycles. The molecule has 0 fully saturated rings. The summed E-state index contributed by atoms with van der Waals surface area (Å²) in [6.07, 6.45) is 4.58. The van der Waals surface area contributed by atoms with E-state index in [2.05, 4.69) is 25.3 Å². The van der Waals surface area contributed by atoms with E-state index in [1.54, 1.807) is 29.2 Å². The molecule has 3 rings (SSSR count). The summed E-state index contributed by atoms with van der Waals surface area (Å²) in [5.74, 6) is 0.506. The van der Waals surface area contributed by atoms with Crippen LogP contribution in [0.25, 0.3) is 11.6 Å². The van der Waals surface area contributed by atoms with Crippen LogP contribution in [-0.4, -0.2) is 29.9 Å². The standard InChI is InChI=1S/C14H10FN7/c15-12-3-1-10(2-4-12)5-11(6-16)14-19-13(20-21-14)7-22-9-17-8-18-22/h1-5,8-9H,7H2,(H,19,20,21). The van der Waals surface area contributed by atoms with E-state index in [0.29, 0.717) is 17.9 Å². The van der Waals surface area contributed by atoms with Gasteiger partial charge < -0.3 is 0 Å². The second-order valence-corrected chi connectivity index (χ2v) is 4.42. The van der Waals surface area contributed by atoms with Gasteiger partial charge in [0, 0.05) is 0 Å². The fourth-order valence-corrected chi connectivity index (χ4v) is 1.83. The number of benzene rings is 1. The predicted octanol–water partition coefficient (Wildman–Crippen LogP) is 1.65. The average Bonchev–Trinajstić information content (AvgIpc) is 3.19. The van der Waals surface area contributed by atoms with Gasteiger partial charge in [0.05, 0.1) is 5.57 Å². The third-order valence-corrected chi connectivity index (χ3v) is 2.85. The molecule has 0 unspecified atom stereocenters. The minimum absolute atomic E-state index is 0.280. The number of nitrogens with zero attached hydrogens (tertiary/aromatic N) is 6. The van der Waals surface area contributed by atoms with Gasteiger partial charge >= 0.3 is 0 Å². The lowest BCUT2D eigenvalue weighted by Gasteiger charge is -1.95. The van der Waals surface area contributed by atoms with E-state index in [0.717, 1.165) is 0 Å². The van der Waals surface area contributed by atoms with Crippen molar-refractivity contribution < 1.29 is 4.39 Å². The van der Waals surface area contributed by atoms with Crippen LogP contribution in [0.4, 0.5) is 4.39 Å². The first-order valence-electron chi connectivity index (χ1n) is 6.36. The van der Waals surface area contributed by atoms with Gasteiger partial charge in [-0.05, 0) is 23.8 Å². The second kappa shape index (κ2) is 5.97. The molecule has 0 saturated heterocycles. The Morgan fingerprint density at radius 1 is 1.36 bits per heavy atom. The maximum Gasteiger partial charge on any atom is 0.191 e. The number of allylic oxidation sites excluding steroid dienone is 1. The van der Waals surface area contributed by atoms with Crippen molar-refractivity contribution in [2.24, 2.45) is 0 Å². The summed E-state index contributed by atoms with van der Waals surface area (Å²) in [6, 6.07) is 7.86. The largest absolute Gasteiger partial charge is 0.261 e. The highest BCUT2D eigenvalue weighted by Crippen LogP contribution is 2.14. The molecule has 3 aromatic rings. The number of rotatable bonds is 4. The molecule has 0 bridgehead atoms. The molecule has 0 spiro atoms. The highest BCUT2D eigenvalue weighted by molar-refractivity contribution is 5.86. The van der Waals surface area contributed by atoms with Gasteiger partial charge in [-0.25, -0.2) is 19.0 Å². The zero-order valence-electron chi connectivity index (χ0n) is 11.3. The number of aromatic amines is 1. The summed E-state index contributed by atoms with van der Waals surface area (Å²) in [5, 5.41) is 20.0. The summed E-state index contributed by atoms with van der Waals surface area (Å²) in [4.78, 5) is 8.08. The third-order valence-electron chi connectivity index (χ3n) is 2.85. The number of nitrogens with one attached hydrogen (secondary N) is 1. The van der Waals surface area contributed by atoms with E-state index in [-0.39, 0.29) is 17.2 Å². The Bertz CT molecular complexity index is 825. The van der Waals surface area contributed by atoms with Gasteiger partial charge in [0.25, 0.3) is 0 Å². The van der Waals surface area contributed by atoms with Crippen LogP contribution in [0.5, 0.6) is 0 Å². The average molecular weight is 295 g/mol. The Hall–Kier alpha value is -3.34. The minimum atomic E-state index is -0.330. The van der Waals surface area contributed by atoms with Crippen LogP contribution in [0.1, 0.15) is 17.2 Å². The first kappa shape index (κ1) is 13.6. The zero-order chi connectivity index (χ0) is 15.4. The highest BCUT2D eigenvalue weighted by Gasteiger charge is 2.09. The Labute approximate surface area is 124 Å². The number of H-pyrrole nitrogens is 1. The SMILES string of the molecule is N#CC(=Cc1ccc(F)cc1)c1n[nH]c(Cn2cncn2)n1. The second-order valence-electron chi connectivity index (χ2n) is 4.42. The molecular formula is C14H10FN7. The van der Waals surface area contributed by atoms with Crippen LogP contribution < -0.4 is 0 Å². The van der Waals surface area contributed by atoms with Crippen molar-refractivity contribution in [3.63, 3.8) is 0 Å². The predicted molar refractivity (Wildman–Crippen MR) is 75.4 cm³/mol. The molecule has 0 aliphatic heterocycles. The van der Waals surface area contributed by atoms with Gasteiger partial charge in [-0.1, -0.05) is 12.1 Å². The molecule has 2 heterocycles. The van der Waals surface area contributed by atoms with Gasteiger partial charge in [0.1, 0.15) is 36.9 Å². The van der Waals surface area contributed by atoms with E-state index in [1.165, 1.54) is 18.5 Å². The first-order valence-corrected chi connectivity index (χ1v) is 6.36. The van der Waals surface area contributed by atoms with E-state index < -0.39 is 0 Å². The van der Waals surface area contributed by atoms with E-state index >= 15 is 0 Å². The number of hydrogen-bond acceptors (Lipinski definition) is 5. The van der Waals surface area contributed by atoms with Crippen molar-refractivity contribution in [2.75, 3.05) is 0 Å². The molecule has 0 saturated carbocycles. The Kier molecular flexibility index (Phi) is 3.70. The molecule has 22 heavy (non-hydrogen) atoms. The zero-order valence-corrected chi connectivity index (χ0v) is 11.3. The highest BCUT2D eigenvalue weighted by atomic mass is 19.1. The van der Waals surface area contributed by atoms with Crippen LogP contribution in [0.15, 0.2) is 36.9 Å². The molecule has 108 valence electrons. The molecule has 2 aromatic heterocycles. The van der Waals surface area contributed by atoms with Crippen molar-refractivity contribution in [3.05, 3.63) is 59.9 Å². The van der Waals surface area contributed by atoms with Crippen LogP contribution in [0.3, 0.4) is 0 Å². The van der Waals surface area contributed by atoms with Crippen molar-refractivity contribution in [1.82, 2.24) is 29.9 Å². The smallest absolute Gasteiger partial charge is 0.191 e. The molecule has 0 radical (unpaired) electrons. The summed E-state index contributed by atoms with van der Waals surface area (Å²) in [7, 11) is 0. The Balaban J connectivity index is 1.83. The topological polar surface area (TPSA) is 96.1 Å². The monoisotopic (exact) mass is 295 g/mol. The number of nitriles is 1. The molecule has 7 nitrogen and oxygen atoms in total. The molecule has 1 N–H and O–H groups in total. The lowest BCUT2D eigenvalue weighted by molar-refractivity contribution is 0.628. The van der Waals surface area contributed by atoms with Crippen molar-refractivity contribution in [1.29, 1.82) is 5.26 Å². The molecule has 8 heteroatoms. The quantitative estimate of drug-likeness (QED) is 0.738. The van der Waals surface area contributed by atoms with Crippen LogP contribution in [-0.2, 0) is 6.54 Å². The Morgan fingerprint density at radius 2 is 2.18 bits per heavy atom.